The third-order valence-corrected chi connectivity index (χ3v) is 8.84. The van der Waals surface area contributed by atoms with Crippen LogP contribution in [0.15, 0.2) is 48.5 Å². The number of anilines is 1. The Morgan fingerprint density at radius 3 is 2.50 bits per heavy atom. The molecule has 0 aliphatic carbocycles. The van der Waals surface area contributed by atoms with Crippen molar-refractivity contribution in [1.29, 1.82) is 0 Å². The van der Waals surface area contributed by atoms with Gasteiger partial charge in [0.25, 0.3) is 0 Å². The van der Waals surface area contributed by atoms with E-state index in [-0.39, 0.29) is 0 Å². The largest absolute Gasteiger partial charge is 0.378 e. The van der Waals surface area contributed by atoms with Crippen LogP contribution in [-0.2, 0) is 4.74 Å². The van der Waals surface area contributed by atoms with E-state index in [1.54, 1.807) is 11.3 Å². The van der Waals surface area contributed by atoms with Crippen molar-refractivity contribution in [2.75, 3.05) is 50.8 Å². The zero-order valence-corrected chi connectivity index (χ0v) is 19.3. The Morgan fingerprint density at radius 1 is 1.00 bits per heavy atom. The number of nitrogens with zero attached hydrogens (tertiary/aromatic N) is 2. The van der Waals surface area contributed by atoms with E-state index in [1.807, 2.05) is 0 Å². The van der Waals surface area contributed by atoms with E-state index < -0.39 is 0 Å². The summed E-state index contributed by atoms with van der Waals surface area (Å²) in [6.45, 7) is 7.06. The number of ketones is 1. The maximum Gasteiger partial charge on any atom is 0.173 e. The molecule has 0 saturated carbocycles. The molecule has 2 bridgehead atoms. The first kappa shape index (κ1) is 20.4. The number of benzene rings is 2. The fourth-order valence-corrected chi connectivity index (χ4v) is 6.90. The first-order valence-electron chi connectivity index (χ1n) is 12.0. The SMILES string of the molecule is O=C(C[C@@H]1CN2CCC1CC2)c1cc2cccc(-c3ccc(N4CCOCC4)cc3)c2s1. The van der Waals surface area contributed by atoms with Gasteiger partial charge in [-0.15, -0.1) is 11.3 Å². The standard InChI is InChI=1S/C27H30N2O2S/c30-25(16-22-18-28-10-8-19(22)9-11-28)26-17-21-2-1-3-24(27(21)32-26)20-4-6-23(7-5-20)29-12-14-31-15-13-29/h1-7,17,19,22H,8-16,18H2/t22-/m1/s1. The molecule has 32 heavy (non-hydrogen) atoms. The third-order valence-electron chi connectivity index (χ3n) is 7.61. The molecule has 0 unspecified atom stereocenters. The smallest absolute Gasteiger partial charge is 0.173 e. The number of rotatable bonds is 5. The van der Waals surface area contributed by atoms with Gasteiger partial charge in [-0.3, -0.25) is 4.79 Å². The minimum atomic E-state index is 0.332. The molecule has 0 spiro atoms. The summed E-state index contributed by atoms with van der Waals surface area (Å²) in [5.41, 5.74) is 3.69. The summed E-state index contributed by atoms with van der Waals surface area (Å²) >= 11 is 1.68. The van der Waals surface area contributed by atoms with Crippen molar-refractivity contribution in [3.8, 4) is 11.1 Å². The van der Waals surface area contributed by atoms with E-state index in [9.17, 15) is 4.79 Å². The van der Waals surface area contributed by atoms with Gasteiger partial charge in [0.1, 0.15) is 0 Å². The number of hydrogen-bond acceptors (Lipinski definition) is 5. The molecular formula is C27H30N2O2S. The molecule has 0 N–H and O–H groups in total. The molecule has 1 aromatic heterocycles. The number of fused-ring (bicyclic) bond motifs is 4. The lowest BCUT2D eigenvalue weighted by Crippen LogP contribution is -2.47. The minimum Gasteiger partial charge on any atom is -0.378 e. The first-order chi connectivity index (χ1) is 15.7. The number of thiophene rings is 1. The van der Waals surface area contributed by atoms with Gasteiger partial charge in [0.05, 0.1) is 18.1 Å². The van der Waals surface area contributed by atoms with Crippen molar-refractivity contribution in [2.24, 2.45) is 11.8 Å². The highest BCUT2D eigenvalue weighted by Crippen LogP contribution is 2.38. The molecule has 4 saturated heterocycles. The zero-order chi connectivity index (χ0) is 21.5. The highest BCUT2D eigenvalue weighted by atomic mass is 32.1. The molecule has 7 rings (SSSR count). The van der Waals surface area contributed by atoms with E-state index >= 15 is 0 Å². The lowest BCUT2D eigenvalue weighted by Gasteiger charge is -2.44. The molecule has 5 heterocycles. The second-order valence-electron chi connectivity index (χ2n) is 9.51. The topological polar surface area (TPSA) is 32.8 Å². The Hall–Kier alpha value is -2.21. The molecule has 2 aromatic carbocycles. The van der Waals surface area contributed by atoms with Crippen LogP contribution in [0, 0.1) is 11.8 Å². The van der Waals surface area contributed by atoms with Crippen molar-refractivity contribution in [3.63, 3.8) is 0 Å². The number of carbonyl (C=O) groups excluding carboxylic acids is 1. The summed E-state index contributed by atoms with van der Waals surface area (Å²) in [7, 11) is 0. The van der Waals surface area contributed by atoms with E-state index in [1.165, 1.54) is 52.8 Å². The number of morpholine rings is 1. The van der Waals surface area contributed by atoms with Crippen LogP contribution in [0.25, 0.3) is 21.2 Å². The van der Waals surface area contributed by atoms with Gasteiger partial charge in [0.15, 0.2) is 5.78 Å². The molecule has 1 atom stereocenters. The Morgan fingerprint density at radius 2 is 1.78 bits per heavy atom. The monoisotopic (exact) mass is 446 g/mol. The van der Waals surface area contributed by atoms with Gasteiger partial charge in [-0.05, 0) is 72.5 Å². The van der Waals surface area contributed by atoms with Crippen molar-refractivity contribution in [1.82, 2.24) is 4.90 Å². The van der Waals surface area contributed by atoms with Gasteiger partial charge in [-0.25, -0.2) is 0 Å². The fourth-order valence-electron chi connectivity index (χ4n) is 5.76. The summed E-state index contributed by atoms with van der Waals surface area (Å²) in [4.78, 5) is 19.0. The third kappa shape index (κ3) is 3.87. The van der Waals surface area contributed by atoms with Gasteiger partial charge < -0.3 is 14.5 Å². The van der Waals surface area contributed by atoms with E-state index in [0.29, 0.717) is 18.1 Å². The van der Waals surface area contributed by atoms with Gasteiger partial charge in [0, 0.05) is 36.4 Å². The van der Waals surface area contributed by atoms with Crippen LogP contribution < -0.4 is 4.90 Å². The van der Waals surface area contributed by atoms with Crippen LogP contribution in [0.3, 0.4) is 0 Å². The molecule has 3 aromatic rings. The number of hydrogen-bond donors (Lipinski definition) is 0. The summed E-state index contributed by atoms with van der Waals surface area (Å²) < 4.78 is 6.70. The molecule has 4 aliphatic rings. The van der Waals surface area contributed by atoms with Crippen LogP contribution in [0.2, 0.25) is 0 Å². The average Bonchev–Trinajstić information content (AvgIpc) is 3.30. The molecule has 4 nitrogen and oxygen atoms in total. The first-order valence-corrected chi connectivity index (χ1v) is 12.8. The Labute approximate surface area is 193 Å². The number of ether oxygens (including phenoxy) is 1. The molecular weight excluding hydrogens is 416 g/mol. The Balaban J connectivity index is 1.24. The quantitative estimate of drug-likeness (QED) is 0.497. The van der Waals surface area contributed by atoms with Crippen LogP contribution in [0.1, 0.15) is 28.9 Å². The molecule has 4 fully saturated rings. The van der Waals surface area contributed by atoms with Gasteiger partial charge in [-0.1, -0.05) is 30.3 Å². The number of piperidine rings is 3. The van der Waals surface area contributed by atoms with Crippen molar-refractivity contribution < 1.29 is 9.53 Å². The highest BCUT2D eigenvalue weighted by molar-refractivity contribution is 7.21. The van der Waals surface area contributed by atoms with Gasteiger partial charge >= 0.3 is 0 Å². The summed E-state index contributed by atoms with van der Waals surface area (Å²) in [5, 5.41) is 1.18. The van der Waals surface area contributed by atoms with E-state index in [2.05, 4.69) is 58.3 Å². The van der Waals surface area contributed by atoms with E-state index in [4.69, 9.17) is 4.74 Å². The molecule has 4 aliphatic heterocycles. The Bertz CT molecular complexity index is 1110. The van der Waals surface area contributed by atoms with Crippen molar-refractivity contribution >= 4 is 32.9 Å². The zero-order valence-electron chi connectivity index (χ0n) is 18.5. The lowest BCUT2D eigenvalue weighted by molar-refractivity contribution is 0.0442. The van der Waals surface area contributed by atoms with Crippen LogP contribution in [0.5, 0.6) is 0 Å². The molecule has 166 valence electrons. The second-order valence-corrected chi connectivity index (χ2v) is 10.6. The summed E-state index contributed by atoms with van der Waals surface area (Å²) in [6.07, 6.45) is 3.25. The molecule has 5 heteroatoms. The minimum absolute atomic E-state index is 0.332. The Kier molecular flexibility index (Phi) is 5.49. The fraction of sp³-hybridized carbons (Fsp3) is 0.444. The second kappa shape index (κ2) is 8.62. The number of Topliss-reactive ketones (excluding diaryl/α,β-unsaturated/α-hetero) is 1. The van der Waals surface area contributed by atoms with Crippen LogP contribution in [-0.4, -0.2) is 56.6 Å². The highest BCUT2D eigenvalue weighted by Gasteiger charge is 2.35. The maximum atomic E-state index is 13.2. The van der Waals surface area contributed by atoms with Gasteiger partial charge in [-0.2, -0.15) is 0 Å². The van der Waals surface area contributed by atoms with Gasteiger partial charge in [0.2, 0.25) is 0 Å². The molecule has 0 amide bonds. The predicted molar refractivity (Wildman–Crippen MR) is 132 cm³/mol. The van der Waals surface area contributed by atoms with Crippen molar-refractivity contribution in [3.05, 3.63) is 53.4 Å². The van der Waals surface area contributed by atoms with Crippen molar-refractivity contribution in [2.45, 2.75) is 19.3 Å². The molecule has 0 radical (unpaired) electrons. The summed E-state index contributed by atoms with van der Waals surface area (Å²) in [5.74, 6) is 1.62. The maximum absolute atomic E-state index is 13.2. The van der Waals surface area contributed by atoms with E-state index in [0.717, 1.165) is 43.6 Å². The predicted octanol–water partition coefficient (Wildman–Crippen LogP) is 5.32. The summed E-state index contributed by atoms with van der Waals surface area (Å²) in [6, 6.07) is 17.4. The average molecular weight is 447 g/mol. The van der Waals surface area contributed by atoms with Crippen LogP contribution in [0.4, 0.5) is 5.69 Å². The van der Waals surface area contributed by atoms with Crippen LogP contribution >= 0.6 is 11.3 Å². The number of carbonyl (C=O) groups is 1. The lowest BCUT2D eigenvalue weighted by atomic mass is 9.76. The normalized spacial score (nSPS) is 25.4.